The van der Waals surface area contributed by atoms with Crippen LogP contribution in [0.4, 0.5) is 0 Å². The zero-order chi connectivity index (χ0) is 20.9. The number of phenolic OH excluding ortho intramolecular Hbond substituents is 1. The standard InChI is InChI=1S/C27H24O3/c1-2-30-26(29)17-10-19-8-11-21(12-9-19)27-24(20-6-4-3-5-7-20)15-13-22-18-23(28)14-16-25(22)27/h3-12,14,16-18,28H,2,13,15H2,1H3. The Bertz CT molecular complexity index is 1110. The number of esters is 1. The van der Waals surface area contributed by atoms with E-state index in [0.717, 1.165) is 35.1 Å². The van der Waals surface area contributed by atoms with Gasteiger partial charge in [-0.05, 0) is 76.9 Å². The van der Waals surface area contributed by atoms with Gasteiger partial charge in [0.15, 0.2) is 0 Å². The van der Waals surface area contributed by atoms with Crippen LogP contribution in [0.2, 0.25) is 0 Å². The highest BCUT2D eigenvalue weighted by atomic mass is 16.5. The first-order chi connectivity index (χ1) is 14.7. The van der Waals surface area contributed by atoms with E-state index in [1.807, 2.05) is 30.3 Å². The summed E-state index contributed by atoms with van der Waals surface area (Å²) >= 11 is 0. The minimum absolute atomic E-state index is 0.302. The van der Waals surface area contributed by atoms with E-state index in [2.05, 4.69) is 36.4 Å². The van der Waals surface area contributed by atoms with Crippen molar-refractivity contribution >= 4 is 23.2 Å². The van der Waals surface area contributed by atoms with E-state index in [1.54, 1.807) is 19.1 Å². The van der Waals surface area contributed by atoms with E-state index >= 15 is 0 Å². The van der Waals surface area contributed by atoms with Gasteiger partial charge in [-0.2, -0.15) is 0 Å². The predicted molar refractivity (Wildman–Crippen MR) is 121 cm³/mol. The van der Waals surface area contributed by atoms with Crippen molar-refractivity contribution in [2.45, 2.75) is 19.8 Å². The van der Waals surface area contributed by atoms with Crippen LogP contribution in [0.15, 0.2) is 78.9 Å². The molecule has 1 aliphatic carbocycles. The molecule has 0 radical (unpaired) electrons. The van der Waals surface area contributed by atoms with Gasteiger partial charge in [0.25, 0.3) is 0 Å². The molecule has 0 fully saturated rings. The van der Waals surface area contributed by atoms with Gasteiger partial charge >= 0.3 is 5.97 Å². The Kier molecular flexibility index (Phi) is 5.80. The van der Waals surface area contributed by atoms with Gasteiger partial charge in [0.05, 0.1) is 6.61 Å². The van der Waals surface area contributed by atoms with Crippen molar-refractivity contribution in [3.8, 4) is 5.75 Å². The summed E-state index contributed by atoms with van der Waals surface area (Å²) in [5.74, 6) is -0.0348. The smallest absolute Gasteiger partial charge is 0.330 e. The Labute approximate surface area is 177 Å². The number of carbonyl (C=O) groups is 1. The van der Waals surface area contributed by atoms with Crippen molar-refractivity contribution in [2.75, 3.05) is 6.61 Å². The summed E-state index contributed by atoms with van der Waals surface area (Å²) in [6.07, 6.45) is 5.03. The Morgan fingerprint density at radius 3 is 2.47 bits per heavy atom. The van der Waals surface area contributed by atoms with Crippen molar-refractivity contribution in [1.29, 1.82) is 0 Å². The molecule has 30 heavy (non-hydrogen) atoms. The fraction of sp³-hybridized carbons (Fsp3) is 0.148. The number of rotatable bonds is 5. The summed E-state index contributed by atoms with van der Waals surface area (Å²) in [5.41, 5.74) is 8.11. The van der Waals surface area contributed by atoms with Crippen LogP contribution >= 0.6 is 0 Å². The van der Waals surface area contributed by atoms with E-state index in [9.17, 15) is 9.90 Å². The topological polar surface area (TPSA) is 46.5 Å². The first-order valence-electron chi connectivity index (χ1n) is 10.2. The van der Waals surface area contributed by atoms with Crippen LogP contribution in [0.25, 0.3) is 17.2 Å². The molecule has 3 aromatic rings. The lowest BCUT2D eigenvalue weighted by molar-refractivity contribution is -0.137. The molecule has 1 N–H and O–H groups in total. The molecule has 0 atom stereocenters. The van der Waals surface area contributed by atoms with E-state index in [1.165, 1.54) is 22.8 Å². The number of hydrogen-bond acceptors (Lipinski definition) is 3. The number of fused-ring (bicyclic) bond motifs is 1. The van der Waals surface area contributed by atoms with Crippen LogP contribution < -0.4 is 0 Å². The second kappa shape index (κ2) is 8.83. The molecule has 0 heterocycles. The number of allylic oxidation sites excluding steroid dienone is 1. The van der Waals surface area contributed by atoms with Gasteiger partial charge in [-0.25, -0.2) is 4.79 Å². The molecule has 0 spiro atoms. The maximum absolute atomic E-state index is 11.6. The molecule has 1 aliphatic rings. The minimum atomic E-state index is -0.336. The van der Waals surface area contributed by atoms with Gasteiger partial charge in [-0.1, -0.05) is 60.7 Å². The summed E-state index contributed by atoms with van der Waals surface area (Å²) in [5, 5.41) is 9.95. The molecular weight excluding hydrogens is 372 g/mol. The summed E-state index contributed by atoms with van der Waals surface area (Å²) in [7, 11) is 0. The normalized spacial score (nSPS) is 13.4. The SMILES string of the molecule is CCOC(=O)C=Cc1ccc(C2=C(c3ccccc3)CCc3cc(O)ccc32)cc1. The third kappa shape index (κ3) is 4.20. The van der Waals surface area contributed by atoms with Gasteiger partial charge in [0.2, 0.25) is 0 Å². The fourth-order valence-corrected chi connectivity index (χ4v) is 3.95. The van der Waals surface area contributed by atoms with Crippen molar-refractivity contribution in [3.05, 3.63) is 107 Å². The lowest BCUT2D eigenvalue weighted by atomic mass is 9.79. The van der Waals surface area contributed by atoms with Crippen LogP contribution in [0.3, 0.4) is 0 Å². The van der Waals surface area contributed by atoms with Crippen LogP contribution in [0, 0.1) is 0 Å². The van der Waals surface area contributed by atoms with Gasteiger partial charge in [-0.15, -0.1) is 0 Å². The van der Waals surface area contributed by atoms with Gasteiger partial charge < -0.3 is 9.84 Å². The van der Waals surface area contributed by atoms with Gasteiger partial charge in [0, 0.05) is 6.08 Å². The highest BCUT2D eigenvalue weighted by Gasteiger charge is 2.21. The molecule has 3 nitrogen and oxygen atoms in total. The number of phenols is 1. The average molecular weight is 396 g/mol. The van der Waals surface area contributed by atoms with E-state index in [-0.39, 0.29) is 5.97 Å². The minimum Gasteiger partial charge on any atom is -0.508 e. The molecule has 0 unspecified atom stereocenters. The van der Waals surface area contributed by atoms with Gasteiger partial charge in [-0.3, -0.25) is 0 Å². The Morgan fingerprint density at radius 2 is 1.73 bits per heavy atom. The van der Waals surface area contributed by atoms with Crippen molar-refractivity contribution < 1.29 is 14.6 Å². The largest absolute Gasteiger partial charge is 0.508 e. The second-order valence-electron chi connectivity index (χ2n) is 7.27. The predicted octanol–water partition coefficient (Wildman–Crippen LogP) is 5.87. The van der Waals surface area contributed by atoms with E-state index in [4.69, 9.17) is 4.74 Å². The zero-order valence-corrected chi connectivity index (χ0v) is 17.0. The number of carbonyl (C=O) groups excluding carboxylic acids is 1. The summed E-state index contributed by atoms with van der Waals surface area (Å²) < 4.78 is 4.94. The third-order valence-electron chi connectivity index (χ3n) is 5.32. The highest BCUT2D eigenvalue weighted by Crippen LogP contribution is 2.41. The zero-order valence-electron chi connectivity index (χ0n) is 17.0. The van der Waals surface area contributed by atoms with Crippen LogP contribution in [0.5, 0.6) is 5.75 Å². The Hall–Kier alpha value is -3.59. The van der Waals surface area contributed by atoms with Crippen LogP contribution in [0.1, 0.15) is 41.2 Å². The molecule has 3 heteroatoms. The lowest BCUT2D eigenvalue weighted by Crippen LogP contribution is -2.06. The highest BCUT2D eigenvalue weighted by molar-refractivity contribution is 6.01. The number of aryl methyl sites for hydroxylation is 1. The van der Waals surface area contributed by atoms with Crippen molar-refractivity contribution in [1.82, 2.24) is 0 Å². The first kappa shape index (κ1) is 19.7. The average Bonchev–Trinajstić information content (AvgIpc) is 2.78. The number of benzene rings is 3. The molecule has 0 saturated heterocycles. The molecule has 0 aromatic heterocycles. The van der Waals surface area contributed by atoms with Crippen LogP contribution in [-0.2, 0) is 16.0 Å². The second-order valence-corrected chi connectivity index (χ2v) is 7.27. The molecule has 150 valence electrons. The molecule has 4 rings (SSSR count). The number of aromatic hydroxyl groups is 1. The van der Waals surface area contributed by atoms with E-state index in [0.29, 0.717) is 12.4 Å². The molecule has 3 aromatic carbocycles. The van der Waals surface area contributed by atoms with Crippen molar-refractivity contribution in [2.24, 2.45) is 0 Å². The fourth-order valence-electron chi connectivity index (χ4n) is 3.95. The summed E-state index contributed by atoms with van der Waals surface area (Å²) in [6, 6.07) is 24.3. The molecule has 0 saturated carbocycles. The Balaban J connectivity index is 1.77. The quantitative estimate of drug-likeness (QED) is 0.433. The van der Waals surface area contributed by atoms with Gasteiger partial charge in [0.1, 0.15) is 5.75 Å². The Morgan fingerprint density at radius 1 is 0.967 bits per heavy atom. The molecular formula is C27H24O3. The summed E-state index contributed by atoms with van der Waals surface area (Å²) in [6.45, 7) is 2.16. The molecule has 0 aliphatic heterocycles. The maximum atomic E-state index is 11.6. The number of hydrogen-bond donors (Lipinski definition) is 1. The van der Waals surface area contributed by atoms with Crippen molar-refractivity contribution in [3.63, 3.8) is 0 Å². The monoisotopic (exact) mass is 396 g/mol. The molecule has 0 bridgehead atoms. The molecule has 0 amide bonds. The first-order valence-corrected chi connectivity index (χ1v) is 10.2. The third-order valence-corrected chi connectivity index (χ3v) is 5.32. The van der Waals surface area contributed by atoms with Crippen LogP contribution in [-0.4, -0.2) is 17.7 Å². The van der Waals surface area contributed by atoms with E-state index < -0.39 is 0 Å². The summed E-state index contributed by atoms with van der Waals surface area (Å²) in [4.78, 5) is 11.6. The number of ether oxygens (including phenoxy) is 1. The maximum Gasteiger partial charge on any atom is 0.330 e. The lowest BCUT2D eigenvalue weighted by Gasteiger charge is -2.25.